The molecule has 1 unspecified atom stereocenters. The third-order valence-electron chi connectivity index (χ3n) is 5.17. The number of Topliss-reactive ketones (excluding diaryl/α,β-unsaturated/α-hetero) is 1. The molecule has 1 aliphatic carbocycles. The standard InChI is InChI=1S/C22H22N2O2S/c1-15(20(25)16-9-3-2-4-10-16)27-22-23-19-14-8-7-13-18(19)21(26)24(22)17-11-5-6-12-17/h2-4,7-10,13-15,17H,5-6,11-12H2,1H3. The lowest BCUT2D eigenvalue weighted by Crippen LogP contribution is -2.27. The Kier molecular flexibility index (Phi) is 5.12. The van der Waals surface area contributed by atoms with Crippen LogP contribution in [-0.2, 0) is 0 Å². The summed E-state index contributed by atoms with van der Waals surface area (Å²) in [7, 11) is 0. The fourth-order valence-electron chi connectivity index (χ4n) is 3.74. The number of rotatable bonds is 5. The average Bonchev–Trinajstić information content (AvgIpc) is 3.22. The van der Waals surface area contributed by atoms with Crippen molar-refractivity contribution in [2.75, 3.05) is 0 Å². The number of nitrogens with zero attached hydrogens (tertiary/aromatic N) is 2. The van der Waals surface area contributed by atoms with E-state index in [9.17, 15) is 9.59 Å². The summed E-state index contributed by atoms with van der Waals surface area (Å²) in [6, 6.07) is 16.9. The predicted octanol–water partition coefficient (Wildman–Crippen LogP) is 4.88. The van der Waals surface area contributed by atoms with Gasteiger partial charge in [0.25, 0.3) is 5.56 Å². The highest BCUT2D eigenvalue weighted by atomic mass is 32.2. The van der Waals surface area contributed by atoms with E-state index in [1.54, 1.807) is 0 Å². The third kappa shape index (κ3) is 3.56. The Morgan fingerprint density at radius 3 is 2.48 bits per heavy atom. The SMILES string of the molecule is CC(Sc1nc2ccccc2c(=O)n1C1CCCC1)C(=O)c1ccccc1. The first-order valence-electron chi connectivity index (χ1n) is 9.42. The summed E-state index contributed by atoms with van der Waals surface area (Å²) in [6.45, 7) is 1.89. The molecule has 2 aromatic carbocycles. The highest BCUT2D eigenvalue weighted by Gasteiger charge is 2.25. The van der Waals surface area contributed by atoms with Crippen LogP contribution in [0, 0.1) is 0 Å². The third-order valence-corrected chi connectivity index (χ3v) is 6.24. The molecular formula is C22H22N2O2S. The maximum atomic E-state index is 13.2. The summed E-state index contributed by atoms with van der Waals surface area (Å²) in [5, 5.41) is 0.992. The van der Waals surface area contributed by atoms with E-state index in [4.69, 9.17) is 4.98 Å². The number of para-hydroxylation sites is 1. The van der Waals surface area contributed by atoms with Crippen LogP contribution in [0.5, 0.6) is 0 Å². The Labute approximate surface area is 162 Å². The van der Waals surface area contributed by atoms with Crippen molar-refractivity contribution in [3.05, 3.63) is 70.5 Å². The van der Waals surface area contributed by atoms with E-state index in [1.807, 2.05) is 66.1 Å². The zero-order valence-corrected chi connectivity index (χ0v) is 16.1. The Balaban J connectivity index is 1.74. The van der Waals surface area contributed by atoms with Gasteiger partial charge < -0.3 is 0 Å². The molecule has 0 N–H and O–H groups in total. The van der Waals surface area contributed by atoms with E-state index in [2.05, 4.69) is 0 Å². The number of hydrogen-bond acceptors (Lipinski definition) is 4. The lowest BCUT2D eigenvalue weighted by Gasteiger charge is -2.20. The zero-order chi connectivity index (χ0) is 18.8. The van der Waals surface area contributed by atoms with E-state index >= 15 is 0 Å². The lowest BCUT2D eigenvalue weighted by atomic mass is 10.1. The molecular weight excluding hydrogens is 356 g/mol. The molecule has 4 nitrogen and oxygen atoms in total. The number of fused-ring (bicyclic) bond motifs is 1. The van der Waals surface area contributed by atoms with Crippen LogP contribution < -0.4 is 5.56 Å². The van der Waals surface area contributed by atoms with Crippen molar-refractivity contribution < 1.29 is 4.79 Å². The van der Waals surface area contributed by atoms with Crippen LogP contribution in [0.15, 0.2) is 64.5 Å². The predicted molar refractivity (Wildman–Crippen MR) is 110 cm³/mol. The van der Waals surface area contributed by atoms with Gasteiger partial charge in [-0.2, -0.15) is 0 Å². The molecule has 1 heterocycles. The van der Waals surface area contributed by atoms with Gasteiger partial charge in [-0.05, 0) is 31.9 Å². The van der Waals surface area contributed by atoms with Crippen LogP contribution in [0.4, 0.5) is 0 Å². The fourth-order valence-corrected chi connectivity index (χ4v) is 4.80. The minimum atomic E-state index is -0.312. The molecule has 0 bridgehead atoms. The minimum absolute atomic E-state index is 0.00867. The number of ketones is 1. The topological polar surface area (TPSA) is 52.0 Å². The Morgan fingerprint density at radius 2 is 1.74 bits per heavy atom. The van der Waals surface area contributed by atoms with Crippen molar-refractivity contribution in [3.63, 3.8) is 0 Å². The Hall–Kier alpha value is -2.40. The van der Waals surface area contributed by atoms with Crippen LogP contribution >= 0.6 is 11.8 Å². The molecule has 27 heavy (non-hydrogen) atoms. The molecule has 5 heteroatoms. The molecule has 1 saturated carbocycles. The number of thioether (sulfide) groups is 1. The van der Waals surface area contributed by atoms with Crippen molar-refractivity contribution in [1.29, 1.82) is 0 Å². The number of hydrogen-bond donors (Lipinski definition) is 0. The van der Waals surface area contributed by atoms with Gasteiger partial charge in [-0.15, -0.1) is 0 Å². The Bertz CT molecular complexity index is 1020. The minimum Gasteiger partial charge on any atom is -0.293 e. The lowest BCUT2D eigenvalue weighted by molar-refractivity contribution is 0.0994. The molecule has 3 aromatic rings. The van der Waals surface area contributed by atoms with Crippen LogP contribution in [0.1, 0.15) is 49.0 Å². The highest BCUT2D eigenvalue weighted by molar-refractivity contribution is 8.00. The van der Waals surface area contributed by atoms with E-state index in [0.29, 0.717) is 21.6 Å². The largest absolute Gasteiger partial charge is 0.293 e. The molecule has 0 spiro atoms. The van der Waals surface area contributed by atoms with Crippen molar-refractivity contribution in [1.82, 2.24) is 9.55 Å². The van der Waals surface area contributed by atoms with E-state index in [0.717, 1.165) is 25.7 Å². The smallest absolute Gasteiger partial charge is 0.262 e. The molecule has 1 aromatic heterocycles. The van der Waals surface area contributed by atoms with Gasteiger partial charge >= 0.3 is 0 Å². The number of carbonyl (C=O) groups excluding carboxylic acids is 1. The maximum Gasteiger partial charge on any atom is 0.262 e. The van der Waals surface area contributed by atoms with Crippen LogP contribution in [-0.4, -0.2) is 20.6 Å². The molecule has 1 aliphatic rings. The van der Waals surface area contributed by atoms with Gasteiger partial charge in [0.2, 0.25) is 0 Å². The summed E-state index contributed by atoms with van der Waals surface area (Å²) in [5.74, 6) is 0.0565. The van der Waals surface area contributed by atoms with Gasteiger partial charge in [-0.25, -0.2) is 4.98 Å². The Morgan fingerprint density at radius 1 is 1.07 bits per heavy atom. The molecule has 0 amide bonds. The van der Waals surface area contributed by atoms with Crippen molar-refractivity contribution in [3.8, 4) is 0 Å². The highest BCUT2D eigenvalue weighted by Crippen LogP contribution is 2.33. The van der Waals surface area contributed by atoms with Crippen molar-refractivity contribution >= 4 is 28.4 Å². The van der Waals surface area contributed by atoms with Gasteiger partial charge in [-0.3, -0.25) is 14.2 Å². The molecule has 138 valence electrons. The van der Waals surface area contributed by atoms with E-state index in [-0.39, 0.29) is 22.6 Å². The normalized spacial score (nSPS) is 15.9. The number of aromatic nitrogens is 2. The number of benzene rings is 2. The van der Waals surface area contributed by atoms with Gasteiger partial charge in [-0.1, -0.05) is 67.1 Å². The number of carbonyl (C=O) groups is 1. The summed E-state index contributed by atoms with van der Waals surface area (Å²) < 4.78 is 1.84. The second-order valence-electron chi connectivity index (χ2n) is 7.02. The van der Waals surface area contributed by atoms with Crippen LogP contribution in [0.3, 0.4) is 0 Å². The summed E-state index contributed by atoms with van der Waals surface area (Å²) in [6.07, 6.45) is 4.25. The summed E-state index contributed by atoms with van der Waals surface area (Å²) >= 11 is 1.39. The van der Waals surface area contributed by atoms with Crippen molar-refractivity contribution in [2.45, 2.75) is 49.1 Å². The second kappa shape index (κ2) is 7.69. The van der Waals surface area contributed by atoms with Crippen LogP contribution in [0.25, 0.3) is 10.9 Å². The van der Waals surface area contributed by atoms with Gasteiger partial charge in [0.15, 0.2) is 10.9 Å². The first-order valence-corrected chi connectivity index (χ1v) is 10.3. The fraction of sp³-hybridized carbons (Fsp3) is 0.318. The zero-order valence-electron chi connectivity index (χ0n) is 15.3. The molecule has 1 atom stereocenters. The average molecular weight is 378 g/mol. The van der Waals surface area contributed by atoms with Gasteiger partial charge in [0.05, 0.1) is 16.2 Å². The monoisotopic (exact) mass is 378 g/mol. The molecule has 4 rings (SSSR count). The summed E-state index contributed by atoms with van der Waals surface area (Å²) in [5.41, 5.74) is 1.39. The maximum absolute atomic E-state index is 13.2. The van der Waals surface area contributed by atoms with Crippen LogP contribution in [0.2, 0.25) is 0 Å². The first-order chi connectivity index (χ1) is 13.1. The molecule has 0 saturated heterocycles. The van der Waals surface area contributed by atoms with E-state index < -0.39 is 0 Å². The van der Waals surface area contributed by atoms with Gasteiger partial charge in [0, 0.05) is 11.6 Å². The van der Waals surface area contributed by atoms with Gasteiger partial charge in [0.1, 0.15) is 0 Å². The van der Waals surface area contributed by atoms with E-state index in [1.165, 1.54) is 11.8 Å². The molecule has 0 aliphatic heterocycles. The summed E-state index contributed by atoms with van der Waals surface area (Å²) in [4.78, 5) is 30.7. The van der Waals surface area contributed by atoms with Crippen molar-refractivity contribution in [2.24, 2.45) is 0 Å². The first kappa shape index (κ1) is 18.0. The molecule has 1 fully saturated rings. The molecule has 0 radical (unpaired) electrons. The quantitative estimate of drug-likeness (QED) is 0.361. The second-order valence-corrected chi connectivity index (χ2v) is 8.32.